The van der Waals surface area contributed by atoms with E-state index in [1.807, 2.05) is 48.5 Å². The van der Waals surface area contributed by atoms with Gasteiger partial charge in [0.2, 0.25) is 21.9 Å². The summed E-state index contributed by atoms with van der Waals surface area (Å²) in [6.07, 6.45) is 5.23. The van der Waals surface area contributed by atoms with Crippen LogP contribution in [0.4, 0.5) is 16.0 Å². The van der Waals surface area contributed by atoms with E-state index in [1.54, 1.807) is 18.5 Å². The van der Waals surface area contributed by atoms with Gasteiger partial charge < -0.3 is 0 Å². The Morgan fingerprint density at radius 2 is 1.70 bits per heavy atom. The van der Waals surface area contributed by atoms with E-state index < -0.39 is 21.9 Å². The number of anilines is 2. The number of nitrogens with zero attached hydrogens (tertiary/aromatic N) is 3. The molecule has 1 aliphatic carbocycles. The highest BCUT2D eigenvalue weighted by atomic mass is 32.2. The third kappa shape index (κ3) is 5.58. The maximum Gasteiger partial charge on any atom is 0.241 e. The molecule has 188 valence electrons. The molecule has 0 bridgehead atoms. The molecule has 1 aromatic heterocycles. The highest BCUT2D eigenvalue weighted by Crippen LogP contribution is 2.36. The number of rotatable bonds is 8. The molecule has 4 aromatic rings. The van der Waals surface area contributed by atoms with E-state index in [1.165, 1.54) is 17.0 Å². The second kappa shape index (κ2) is 10.6. The van der Waals surface area contributed by atoms with Crippen LogP contribution in [0.1, 0.15) is 35.6 Å². The van der Waals surface area contributed by atoms with Crippen molar-refractivity contribution in [2.45, 2.75) is 36.6 Å². The molecule has 0 fully saturated rings. The second-order valence-electron chi connectivity index (χ2n) is 8.81. The molecule has 1 aliphatic rings. The molecule has 37 heavy (non-hydrogen) atoms. The van der Waals surface area contributed by atoms with Crippen molar-refractivity contribution in [2.24, 2.45) is 0 Å². The molecule has 0 saturated carbocycles. The Hall–Kier alpha value is -3.95. The van der Waals surface area contributed by atoms with Crippen molar-refractivity contribution in [3.63, 3.8) is 0 Å². The topological polar surface area (TPSA) is 92.3 Å². The average molecular weight is 517 g/mol. The molecule has 0 aliphatic heterocycles. The summed E-state index contributed by atoms with van der Waals surface area (Å²) in [7, 11) is -3.87. The number of amides is 1. The molecule has 0 spiro atoms. The summed E-state index contributed by atoms with van der Waals surface area (Å²) in [4.78, 5) is 23.5. The highest BCUT2D eigenvalue weighted by molar-refractivity contribution is 7.89. The standard InChI is InChI=1S/C28H25FN4O3S/c29-22-10-13-24(14-11-22)37(35,36)32-26-15-9-21-8-12-23(19-25(21)26)33(28-30-17-4-18-31-28)27(34)16-7-20-5-2-1-3-6-20/h1-6,8,10-14,17-19,26,32H,7,9,15-16H2. The molecule has 1 amide bonds. The first kappa shape index (κ1) is 24.7. The molecule has 1 heterocycles. The van der Waals surface area contributed by atoms with Gasteiger partial charge in [-0.1, -0.05) is 36.4 Å². The van der Waals surface area contributed by atoms with Crippen LogP contribution in [-0.2, 0) is 27.7 Å². The quantitative estimate of drug-likeness (QED) is 0.360. The number of aromatic nitrogens is 2. The minimum absolute atomic E-state index is 0.00564. The van der Waals surface area contributed by atoms with Crippen LogP contribution in [0.15, 0.2) is 96.2 Å². The van der Waals surface area contributed by atoms with Crippen molar-refractivity contribution < 1.29 is 17.6 Å². The number of halogens is 1. The number of aryl methyl sites for hydroxylation is 2. The molecule has 1 N–H and O–H groups in total. The Bertz CT molecular complexity index is 1500. The Morgan fingerprint density at radius 1 is 0.973 bits per heavy atom. The van der Waals surface area contributed by atoms with Crippen LogP contribution in [0.25, 0.3) is 0 Å². The number of fused-ring (bicyclic) bond motifs is 1. The monoisotopic (exact) mass is 516 g/mol. The molecule has 9 heteroatoms. The largest absolute Gasteiger partial charge is 0.274 e. The molecular formula is C28H25FN4O3S. The molecule has 0 radical (unpaired) electrons. The lowest BCUT2D eigenvalue weighted by molar-refractivity contribution is -0.117. The number of sulfonamides is 1. The van der Waals surface area contributed by atoms with Crippen molar-refractivity contribution in [1.82, 2.24) is 14.7 Å². The molecule has 1 atom stereocenters. The van der Waals surface area contributed by atoms with E-state index in [9.17, 15) is 17.6 Å². The first-order valence-corrected chi connectivity index (χ1v) is 13.4. The number of carbonyl (C=O) groups excluding carboxylic acids is 1. The van der Waals surface area contributed by atoms with Crippen LogP contribution in [-0.4, -0.2) is 24.3 Å². The molecule has 5 rings (SSSR count). The van der Waals surface area contributed by atoms with Crippen molar-refractivity contribution in [3.8, 4) is 0 Å². The Balaban J connectivity index is 1.43. The normalized spacial score (nSPS) is 14.8. The van der Waals surface area contributed by atoms with E-state index in [0.717, 1.165) is 28.8 Å². The maximum atomic E-state index is 13.4. The van der Waals surface area contributed by atoms with Gasteiger partial charge in [-0.2, -0.15) is 0 Å². The Kier molecular flexibility index (Phi) is 7.07. The lowest BCUT2D eigenvalue weighted by Crippen LogP contribution is -2.29. The van der Waals surface area contributed by atoms with E-state index in [4.69, 9.17) is 0 Å². The first-order chi connectivity index (χ1) is 17.9. The van der Waals surface area contributed by atoms with E-state index in [0.29, 0.717) is 24.9 Å². The predicted octanol–water partition coefficient (Wildman–Crippen LogP) is 4.88. The van der Waals surface area contributed by atoms with Gasteiger partial charge >= 0.3 is 0 Å². The summed E-state index contributed by atoms with van der Waals surface area (Å²) in [6, 6.07) is 21.3. The summed E-state index contributed by atoms with van der Waals surface area (Å²) in [5.41, 5.74) is 3.41. The van der Waals surface area contributed by atoms with Gasteiger partial charge in [-0.15, -0.1) is 0 Å². The van der Waals surface area contributed by atoms with Crippen LogP contribution >= 0.6 is 0 Å². The van der Waals surface area contributed by atoms with E-state index >= 15 is 0 Å². The fourth-order valence-corrected chi connectivity index (χ4v) is 5.76. The third-order valence-corrected chi connectivity index (χ3v) is 7.85. The molecule has 0 saturated heterocycles. The zero-order chi connectivity index (χ0) is 25.8. The summed E-state index contributed by atoms with van der Waals surface area (Å²) in [5.74, 6) is -0.423. The Morgan fingerprint density at radius 3 is 2.43 bits per heavy atom. The lowest BCUT2D eigenvalue weighted by atomic mass is 10.1. The third-order valence-electron chi connectivity index (χ3n) is 6.36. The van der Waals surface area contributed by atoms with E-state index in [2.05, 4.69) is 14.7 Å². The van der Waals surface area contributed by atoms with Gasteiger partial charge in [-0.3, -0.25) is 4.79 Å². The first-order valence-electron chi connectivity index (χ1n) is 12.0. The highest BCUT2D eigenvalue weighted by Gasteiger charge is 2.30. The lowest BCUT2D eigenvalue weighted by Gasteiger charge is -2.23. The van der Waals surface area contributed by atoms with Crippen molar-refractivity contribution in [3.05, 3.63) is 114 Å². The van der Waals surface area contributed by atoms with Crippen LogP contribution in [0.3, 0.4) is 0 Å². The zero-order valence-electron chi connectivity index (χ0n) is 19.9. The van der Waals surface area contributed by atoms with Gasteiger partial charge in [0.25, 0.3) is 0 Å². The second-order valence-corrected chi connectivity index (χ2v) is 10.5. The van der Waals surface area contributed by atoms with Gasteiger partial charge in [0.15, 0.2) is 0 Å². The van der Waals surface area contributed by atoms with Crippen molar-refractivity contribution >= 4 is 27.6 Å². The van der Waals surface area contributed by atoms with E-state index in [-0.39, 0.29) is 23.2 Å². The molecule has 7 nitrogen and oxygen atoms in total. The predicted molar refractivity (Wildman–Crippen MR) is 138 cm³/mol. The number of benzene rings is 3. The van der Waals surface area contributed by atoms with Crippen molar-refractivity contribution in [2.75, 3.05) is 4.90 Å². The van der Waals surface area contributed by atoms with Gasteiger partial charge in [0, 0.05) is 24.9 Å². The molecule has 3 aromatic carbocycles. The number of hydrogen-bond donors (Lipinski definition) is 1. The maximum absolute atomic E-state index is 13.4. The van der Waals surface area contributed by atoms with Gasteiger partial charge in [0.05, 0.1) is 10.6 Å². The summed E-state index contributed by atoms with van der Waals surface area (Å²) >= 11 is 0. The average Bonchev–Trinajstić information content (AvgIpc) is 3.30. The smallest absolute Gasteiger partial charge is 0.241 e. The van der Waals surface area contributed by atoms with Gasteiger partial charge in [0.1, 0.15) is 5.82 Å². The minimum atomic E-state index is -3.87. The van der Waals surface area contributed by atoms with Gasteiger partial charge in [-0.05, 0) is 78.4 Å². The van der Waals surface area contributed by atoms with Crippen LogP contribution in [0.2, 0.25) is 0 Å². The number of hydrogen-bond acceptors (Lipinski definition) is 5. The SMILES string of the molecule is O=C(CCc1ccccc1)N(c1ccc2c(c1)C(NS(=O)(=O)c1ccc(F)cc1)CC2)c1ncccn1. The van der Waals surface area contributed by atoms with Gasteiger partial charge in [-0.25, -0.2) is 32.4 Å². The minimum Gasteiger partial charge on any atom is -0.274 e. The fourth-order valence-electron chi connectivity index (χ4n) is 4.51. The Labute approximate surface area is 215 Å². The molecule has 1 unspecified atom stereocenters. The number of carbonyl (C=O) groups is 1. The summed E-state index contributed by atoms with van der Waals surface area (Å²) in [6.45, 7) is 0. The summed E-state index contributed by atoms with van der Waals surface area (Å²) < 4.78 is 42.0. The zero-order valence-corrected chi connectivity index (χ0v) is 20.7. The van der Waals surface area contributed by atoms with Crippen LogP contribution < -0.4 is 9.62 Å². The van der Waals surface area contributed by atoms with Crippen LogP contribution in [0.5, 0.6) is 0 Å². The molecular weight excluding hydrogens is 491 g/mol. The summed E-state index contributed by atoms with van der Waals surface area (Å²) in [5, 5.41) is 0. The fraction of sp³-hybridized carbons (Fsp3) is 0.179. The van der Waals surface area contributed by atoms with Crippen molar-refractivity contribution in [1.29, 1.82) is 0 Å². The number of nitrogens with one attached hydrogen (secondary N) is 1. The van der Waals surface area contributed by atoms with Crippen LogP contribution in [0, 0.1) is 5.82 Å².